The monoisotopic (exact) mass is 233 g/mol. The van der Waals surface area contributed by atoms with Gasteiger partial charge < -0.3 is 0 Å². The van der Waals surface area contributed by atoms with Crippen LogP contribution in [0.4, 0.5) is 0 Å². The van der Waals surface area contributed by atoms with Gasteiger partial charge in [-0.25, -0.2) is 0 Å². The zero-order valence-corrected chi connectivity index (χ0v) is 10.4. The molecule has 0 aliphatic heterocycles. The van der Waals surface area contributed by atoms with Crippen molar-refractivity contribution in [1.29, 1.82) is 5.26 Å². The Morgan fingerprint density at radius 2 is 1.72 bits per heavy atom. The number of aryl methyl sites for hydroxylation is 1. The highest BCUT2D eigenvalue weighted by atomic mass is 14.2. The van der Waals surface area contributed by atoms with E-state index in [2.05, 4.69) is 25.1 Å². The minimum atomic E-state index is 0.686. The standard InChI is InChI=1S/C17H15N/c1-14-7-9-16(10-8-14)12-17(13-18)11-15-5-3-2-4-6-15/h2-10,12H,11H2,1H3/b17-12-. The van der Waals surface area contributed by atoms with Gasteiger partial charge in [-0.1, -0.05) is 60.2 Å². The molecule has 2 aromatic carbocycles. The fraction of sp³-hybridized carbons (Fsp3) is 0.118. The van der Waals surface area contributed by atoms with E-state index in [0.717, 1.165) is 16.7 Å². The van der Waals surface area contributed by atoms with Gasteiger partial charge in [-0.05, 0) is 24.1 Å². The minimum Gasteiger partial charge on any atom is -0.193 e. The molecule has 0 aromatic heterocycles. The Labute approximate surface area is 108 Å². The van der Waals surface area contributed by atoms with Crippen LogP contribution in [-0.2, 0) is 6.42 Å². The number of benzene rings is 2. The van der Waals surface area contributed by atoms with Gasteiger partial charge in [0.25, 0.3) is 0 Å². The normalized spacial score (nSPS) is 11.0. The molecule has 0 aliphatic carbocycles. The lowest BCUT2D eigenvalue weighted by atomic mass is 10.0. The fourth-order valence-electron chi connectivity index (χ4n) is 1.80. The van der Waals surface area contributed by atoms with Gasteiger partial charge in [-0.15, -0.1) is 0 Å². The van der Waals surface area contributed by atoms with Crippen LogP contribution >= 0.6 is 0 Å². The Morgan fingerprint density at radius 3 is 2.33 bits per heavy atom. The van der Waals surface area contributed by atoms with Gasteiger partial charge in [-0.3, -0.25) is 0 Å². The molecule has 1 heteroatoms. The molecule has 0 saturated heterocycles. The zero-order chi connectivity index (χ0) is 12.8. The molecule has 0 amide bonds. The lowest BCUT2D eigenvalue weighted by Crippen LogP contribution is -1.88. The van der Waals surface area contributed by atoms with Crippen LogP contribution in [0, 0.1) is 18.3 Å². The summed E-state index contributed by atoms with van der Waals surface area (Å²) in [5, 5.41) is 9.18. The van der Waals surface area contributed by atoms with Gasteiger partial charge in [0.1, 0.15) is 0 Å². The van der Waals surface area contributed by atoms with Crippen molar-refractivity contribution in [3.63, 3.8) is 0 Å². The van der Waals surface area contributed by atoms with Gasteiger partial charge in [-0.2, -0.15) is 5.26 Å². The molecule has 0 spiro atoms. The van der Waals surface area contributed by atoms with Gasteiger partial charge in [0.05, 0.1) is 6.07 Å². The first kappa shape index (κ1) is 12.1. The van der Waals surface area contributed by atoms with Crippen molar-refractivity contribution in [3.8, 4) is 6.07 Å². The van der Waals surface area contributed by atoms with Crippen LogP contribution in [0.15, 0.2) is 60.2 Å². The summed E-state index contributed by atoms with van der Waals surface area (Å²) in [6, 6.07) is 20.5. The molecule has 0 heterocycles. The Balaban J connectivity index is 2.19. The molecule has 0 atom stereocenters. The first-order valence-corrected chi connectivity index (χ1v) is 5.99. The average molecular weight is 233 g/mol. The maximum atomic E-state index is 9.18. The van der Waals surface area contributed by atoms with Gasteiger partial charge in [0.15, 0.2) is 0 Å². The SMILES string of the molecule is Cc1ccc(/C=C(\C#N)Cc2ccccc2)cc1. The van der Waals surface area contributed by atoms with Crippen molar-refractivity contribution in [3.05, 3.63) is 76.9 Å². The van der Waals surface area contributed by atoms with E-state index in [4.69, 9.17) is 0 Å². The summed E-state index contributed by atoms with van der Waals surface area (Å²) in [6.45, 7) is 2.06. The molecule has 0 bridgehead atoms. The summed E-state index contributed by atoms with van der Waals surface area (Å²) in [5.74, 6) is 0. The molecule has 2 rings (SSSR count). The third kappa shape index (κ3) is 3.33. The molecule has 0 saturated carbocycles. The number of nitriles is 1. The lowest BCUT2D eigenvalue weighted by molar-refractivity contribution is 1.21. The van der Waals surface area contributed by atoms with E-state index in [-0.39, 0.29) is 0 Å². The van der Waals surface area contributed by atoms with Crippen LogP contribution in [-0.4, -0.2) is 0 Å². The predicted molar refractivity (Wildman–Crippen MR) is 74.9 cm³/mol. The Bertz CT molecular complexity index is 571. The second-order valence-corrected chi connectivity index (χ2v) is 4.35. The summed E-state index contributed by atoms with van der Waals surface area (Å²) in [7, 11) is 0. The molecule has 0 N–H and O–H groups in total. The summed E-state index contributed by atoms with van der Waals surface area (Å²) in [6.07, 6.45) is 2.64. The van der Waals surface area contributed by atoms with Crippen LogP contribution in [0.5, 0.6) is 0 Å². The van der Waals surface area contributed by atoms with Crippen LogP contribution in [0.2, 0.25) is 0 Å². The molecule has 0 unspecified atom stereocenters. The Morgan fingerprint density at radius 1 is 1.06 bits per heavy atom. The van der Waals surface area contributed by atoms with Crippen LogP contribution in [0.3, 0.4) is 0 Å². The topological polar surface area (TPSA) is 23.8 Å². The number of hydrogen-bond acceptors (Lipinski definition) is 1. The van der Waals surface area contributed by atoms with Gasteiger partial charge in [0, 0.05) is 12.0 Å². The number of nitrogens with zero attached hydrogens (tertiary/aromatic N) is 1. The highest BCUT2D eigenvalue weighted by Gasteiger charge is 1.99. The van der Waals surface area contributed by atoms with E-state index in [1.807, 2.05) is 48.5 Å². The Hall–Kier alpha value is -2.33. The van der Waals surface area contributed by atoms with E-state index in [0.29, 0.717) is 6.42 Å². The van der Waals surface area contributed by atoms with Crippen LogP contribution in [0.1, 0.15) is 16.7 Å². The van der Waals surface area contributed by atoms with Crippen LogP contribution < -0.4 is 0 Å². The quantitative estimate of drug-likeness (QED) is 0.731. The second-order valence-electron chi connectivity index (χ2n) is 4.35. The van der Waals surface area contributed by atoms with Gasteiger partial charge >= 0.3 is 0 Å². The molecular formula is C17H15N. The highest BCUT2D eigenvalue weighted by molar-refractivity contribution is 5.58. The highest BCUT2D eigenvalue weighted by Crippen LogP contribution is 2.12. The summed E-state index contributed by atoms with van der Waals surface area (Å²) in [5.41, 5.74) is 4.25. The number of rotatable bonds is 3. The maximum Gasteiger partial charge on any atom is 0.0950 e. The number of hydrogen-bond donors (Lipinski definition) is 0. The first-order chi connectivity index (χ1) is 8.78. The summed E-state index contributed by atoms with van der Waals surface area (Å²) < 4.78 is 0. The van der Waals surface area contributed by atoms with Crippen molar-refractivity contribution >= 4 is 6.08 Å². The first-order valence-electron chi connectivity index (χ1n) is 5.99. The predicted octanol–water partition coefficient (Wildman–Crippen LogP) is 4.14. The third-order valence-electron chi connectivity index (χ3n) is 2.80. The summed E-state index contributed by atoms with van der Waals surface area (Å²) in [4.78, 5) is 0. The molecule has 18 heavy (non-hydrogen) atoms. The maximum absolute atomic E-state index is 9.18. The minimum absolute atomic E-state index is 0.686. The second kappa shape index (κ2) is 5.84. The van der Waals surface area contributed by atoms with E-state index in [9.17, 15) is 5.26 Å². The molecule has 1 nitrogen and oxygen atoms in total. The largest absolute Gasteiger partial charge is 0.193 e. The molecule has 0 radical (unpaired) electrons. The van der Waals surface area contributed by atoms with Crippen molar-refractivity contribution < 1.29 is 0 Å². The summed E-state index contributed by atoms with van der Waals surface area (Å²) >= 11 is 0. The van der Waals surface area contributed by atoms with Crippen LogP contribution in [0.25, 0.3) is 6.08 Å². The van der Waals surface area contributed by atoms with Crippen molar-refractivity contribution in [2.75, 3.05) is 0 Å². The van der Waals surface area contributed by atoms with Gasteiger partial charge in [0.2, 0.25) is 0 Å². The van der Waals surface area contributed by atoms with E-state index < -0.39 is 0 Å². The number of allylic oxidation sites excluding steroid dienone is 1. The average Bonchev–Trinajstić information content (AvgIpc) is 2.41. The van der Waals surface area contributed by atoms with E-state index >= 15 is 0 Å². The lowest BCUT2D eigenvalue weighted by Gasteiger charge is -2.00. The molecule has 0 aliphatic rings. The molecule has 2 aromatic rings. The molecule has 0 fully saturated rings. The fourth-order valence-corrected chi connectivity index (χ4v) is 1.80. The zero-order valence-electron chi connectivity index (χ0n) is 10.4. The van der Waals surface area contributed by atoms with Crippen molar-refractivity contribution in [1.82, 2.24) is 0 Å². The van der Waals surface area contributed by atoms with Crippen molar-refractivity contribution in [2.45, 2.75) is 13.3 Å². The van der Waals surface area contributed by atoms with Crippen molar-refractivity contribution in [2.24, 2.45) is 0 Å². The van der Waals surface area contributed by atoms with E-state index in [1.165, 1.54) is 5.56 Å². The third-order valence-corrected chi connectivity index (χ3v) is 2.80. The smallest absolute Gasteiger partial charge is 0.0950 e. The molecule has 88 valence electrons. The van der Waals surface area contributed by atoms with E-state index in [1.54, 1.807) is 0 Å². The Kier molecular flexibility index (Phi) is 3.94. The molecular weight excluding hydrogens is 218 g/mol.